The molecule has 8 nitrogen and oxygen atoms in total. The van der Waals surface area contributed by atoms with E-state index in [0.29, 0.717) is 37.4 Å². The molecule has 2 aromatic carbocycles. The van der Waals surface area contributed by atoms with Crippen LogP contribution in [0.3, 0.4) is 0 Å². The van der Waals surface area contributed by atoms with Gasteiger partial charge in [0.1, 0.15) is 24.1 Å². The highest BCUT2D eigenvalue weighted by molar-refractivity contribution is 5.94. The summed E-state index contributed by atoms with van der Waals surface area (Å²) in [6, 6.07) is 15.5. The van der Waals surface area contributed by atoms with Crippen LogP contribution in [0.25, 0.3) is 0 Å². The summed E-state index contributed by atoms with van der Waals surface area (Å²) < 4.78 is 10.8. The second-order valence-corrected chi connectivity index (χ2v) is 8.58. The minimum absolute atomic E-state index is 0.102. The molecule has 2 saturated heterocycles. The van der Waals surface area contributed by atoms with Crippen LogP contribution in [0, 0.1) is 0 Å². The van der Waals surface area contributed by atoms with Gasteiger partial charge in [-0.05, 0) is 62.1 Å². The average molecular weight is 466 g/mol. The Morgan fingerprint density at radius 3 is 2.24 bits per heavy atom. The van der Waals surface area contributed by atoms with E-state index in [4.69, 9.17) is 9.47 Å². The SMILES string of the molecule is COc1ccc(OCC(=O)[C@@H]2CCCN2C(=O)[C@@H]2CCCN2C(=O)CNc2ccccc2)cc1. The highest BCUT2D eigenvalue weighted by Gasteiger charge is 2.41. The van der Waals surface area contributed by atoms with E-state index >= 15 is 0 Å². The largest absolute Gasteiger partial charge is 0.497 e. The van der Waals surface area contributed by atoms with Crippen LogP contribution < -0.4 is 14.8 Å². The van der Waals surface area contributed by atoms with Crippen LogP contribution in [-0.2, 0) is 14.4 Å². The molecule has 2 amide bonds. The van der Waals surface area contributed by atoms with Crippen molar-refractivity contribution in [1.82, 2.24) is 9.80 Å². The lowest BCUT2D eigenvalue weighted by Gasteiger charge is -2.31. The average Bonchev–Trinajstić information content (AvgIpc) is 3.57. The summed E-state index contributed by atoms with van der Waals surface area (Å²) in [6.07, 6.45) is 2.78. The number of rotatable bonds is 9. The predicted molar refractivity (Wildman–Crippen MR) is 128 cm³/mol. The van der Waals surface area contributed by atoms with Gasteiger partial charge in [0.15, 0.2) is 5.78 Å². The highest BCUT2D eigenvalue weighted by Crippen LogP contribution is 2.26. The van der Waals surface area contributed by atoms with Crippen LogP contribution in [0.2, 0.25) is 0 Å². The molecule has 4 rings (SSSR count). The molecule has 1 N–H and O–H groups in total. The Bertz CT molecular complexity index is 995. The van der Waals surface area contributed by atoms with Crippen LogP contribution in [0.4, 0.5) is 5.69 Å². The molecule has 2 aliphatic heterocycles. The molecule has 8 heteroatoms. The molecule has 34 heavy (non-hydrogen) atoms. The van der Waals surface area contributed by atoms with Crippen molar-refractivity contribution in [3.8, 4) is 11.5 Å². The maximum Gasteiger partial charge on any atom is 0.245 e. The maximum absolute atomic E-state index is 13.4. The summed E-state index contributed by atoms with van der Waals surface area (Å²) in [5.74, 6) is 0.920. The Labute approximate surface area is 199 Å². The molecule has 2 heterocycles. The van der Waals surface area contributed by atoms with Crippen molar-refractivity contribution >= 4 is 23.3 Å². The Hall–Kier alpha value is -3.55. The topological polar surface area (TPSA) is 88.2 Å². The highest BCUT2D eigenvalue weighted by atomic mass is 16.5. The van der Waals surface area contributed by atoms with E-state index in [1.165, 1.54) is 0 Å². The van der Waals surface area contributed by atoms with E-state index < -0.39 is 12.1 Å². The number of nitrogens with zero attached hydrogens (tertiary/aromatic N) is 2. The summed E-state index contributed by atoms with van der Waals surface area (Å²) in [7, 11) is 1.59. The van der Waals surface area contributed by atoms with Gasteiger partial charge in [0.25, 0.3) is 0 Å². The molecular formula is C26H31N3O5. The van der Waals surface area contributed by atoms with Crippen LogP contribution in [-0.4, -0.2) is 72.8 Å². The van der Waals surface area contributed by atoms with Gasteiger partial charge < -0.3 is 24.6 Å². The van der Waals surface area contributed by atoms with E-state index in [-0.39, 0.29) is 30.7 Å². The van der Waals surface area contributed by atoms with Crippen molar-refractivity contribution in [3.05, 3.63) is 54.6 Å². The summed E-state index contributed by atoms with van der Waals surface area (Å²) in [5.41, 5.74) is 0.861. The molecule has 0 unspecified atom stereocenters. The number of hydrogen-bond donors (Lipinski definition) is 1. The Morgan fingerprint density at radius 1 is 0.882 bits per heavy atom. The van der Waals surface area contributed by atoms with Crippen molar-refractivity contribution in [2.75, 3.05) is 38.7 Å². The Balaban J connectivity index is 1.33. The standard InChI is InChI=1S/C26H31N3O5/c1-33-20-11-13-21(14-12-20)34-18-24(30)22-9-5-16-29(22)26(32)23-10-6-15-28(23)25(31)17-27-19-7-3-2-4-8-19/h2-4,7-8,11-14,22-23,27H,5-6,9-10,15-18H2,1H3/t22-,23-/m0/s1. The van der Waals surface area contributed by atoms with Gasteiger partial charge in [-0.25, -0.2) is 0 Å². The van der Waals surface area contributed by atoms with Gasteiger partial charge in [0.2, 0.25) is 11.8 Å². The fourth-order valence-corrected chi connectivity index (χ4v) is 4.64. The van der Waals surface area contributed by atoms with Gasteiger partial charge in [-0.15, -0.1) is 0 Å². The molecular weight excluding hydrogens is 434 g/mol. The quantitative estimate of drug-likeness (QED) is 0.613. The molecule has 2 fully saturated rings. The number of hydrogen-bond acceptors (Lipinski definition) is 6. The molecule has 0 aliphatic carbocycles. The summed E-state index contributed by atoms with van der Waals surface area (Å²) in [5, 5.41) is 3.12. The lowest BCUT2D eigenvalue weighted by molar-refractivity contribution is -0.146. The fraction of sp³-hybridized carbons (Fsp3) is 0.423. The Morgan fingerprint density at radius 2 is 1.53 bits per heavy atom. The zero-order valence-corrected chi connectivity index (χ0v) is 19.4. The van der Waals surface area contributed by atoms with Gasteiger partial charge in [-0.3, -0.25) is 14.4 Å². The molecule has 0 radical (unpaired) electrons. The van der Waals surface area contributed by atoms with Gasteiger partial charge >= 0.3 is 0 Å². The number of amides is 2. The van der Waals surface area contributed by atoms with Gasteiger partial charge in [-0.2, -0.15) is 0 Å². The van der Waals surface area contributed by atoms with Crippen molar-refractivity contribution in [3.63, 3.8) is 0 Å². The third-order valence-electron chi connectivity index (χ3n) is 6.42. The van der Waals surface area contributed by atoms with Crippen molar-refractivity contribution in [1.29, 1.82) is 0 Å². The first-order chi connectivity index (χ1) is 16.6. The first kappa shape index (κ1) is 23.6. The lowest BCUT2D eigenvalue weighted by atomic mass is 10.1. The van der Waals surface area contributed by atoms with Crippen LogP contribution in [0.1, 0.15) is 25.7 Å². The van der Waals surface area contributed by atoms with E-state index in [1.807, 2.05) is 30.3 Å². The zero-order chi connectivity index (χ0) is 23.9. The van der Waals surface area contributed by atoms with Crippen LogP contribution in [0.15, 0.2) is 54.6 Å². The first-order valence-corrected chi connectivity index (χ1v) is 11.8. The molecule has 180 valence electrons. The molecule has 0 bridgehead atoms. The number of Topliss-reactive ketones (excluding diaryl/α,β-unsaturated/α-hetero) is 1. The monoisotopic (exact) mass is 465 g/mol. The van der Waals surface area contributed by atoms with Crippen LogP contribution in [0.5, 0.6) is 11.5 Å². The number of anilines is 1. The summed E-state index contributed by atoms with van der Waals surface area (Å²) in [4.78, 5) is 42.5. The number of ether oxygens (including phenoxy) is 2. The normalized spacial score (nSPS) is 19.7. The first-order valence-electron chi connectivity index (χ1n) is 11.8. The molecule has 2 aliphatic rings. The minimum Gasteiger partial charge on any atom is -0.497 e. The maximum atomic E-state index is 13.4. The van der Waals surface area contributed by atoms with E-state index in [0.717, 1.165) is 18.5 Å². The third-order valence-corrected chi connectivity index (χ3v) is 6.42. The molecule has 2 atom stereocenters. The number of nitrogens with one attached hydrogen (secondary N) is 1. The second kappa shape index (κ2) is 11.0. The van der Waals surface area contributed by atoms with Crippen molar-refractivity contribution < 1.29 is 23.9 Å². The molecule has 2 aromatic rings. The van der Waals surface area contributed by atoms with Crippen LogP contribution >= 0.6 is 0 Å². The second-order valence-electron chi connectivity index (χ2n) is 8.58. The summed E-state index contributed by atoms with van der Waals surface area (Å²) in [6.45, 7) is 1.11. The predicted octanol–water partition coefficient (Wildman–Crippen LogP) is 2.74. The van der Waals surface area contributed by atoms with Crippen molar-refractivity contribution in [2.45, 2.75) is 37.8 Å². The van der Waals surface area contributed by atoms with E-state index in [9.17, 15) is 14.4 Å². The number of benzene rings is 2. The number of carbonyl (C=O) groups excluding carboxylic acids is 3. The number of ketones is 1. The minimum atomic E-state index is -0.513. The lowest BCUT2D eigenvalue weighted by Crippen LogP contribution is -2.52. The number of likely N-dealkylation sites (tertiary alicyclic amines) is 2. The summed E-state index contributed by atoms with van der Waals surface area (Å²) >= 11 is 0. The number of methoxy groups -OCH3 is 1. The zero-order valence-electron chi connectivity index (χ0n) is 19.4. The third kappa shape index (κ3) is 5.50. The smallest absolute Gasteiger partial charge is 0.245 e. The number of carbonyl (C=O) groups is 3. The molecule has 0 aromatic heterocycles. The number of para-hydroxylation sites is 1. The van der Waals surface area contributed by atoms with E-state index in [2.05, 4.69) is 5.32 Å². The molecule has 0 spiro atoms. The van der Waals surface area contributed by atoms with Gasteiger partial charge in [0.05, 0.1) is 19.7 Å². The Kier molecular flexibility index (Phi) is 7.67. The fourth-order valence-electron chi connectivity index (χ4n) is 4.64. The van der Waals surface area contributed by atoms with Gasteiger partial charge in [0, 0.05) is 18.8 Å². The van der Waals surface area contributed by atoms with Gasteiger partial charge in [-0.1, -0.05) is 18.2 Å². The van der Waals surface area contributed by atoms with E-state index in [1.54, 1.807) is 41.2 Å². The van der Waals surface area contributed by atoms with Crippen molar-refractivity contribution in [2.24, 2.45) is 0 Å². The molecule has 0 saturated carbocycles.